The van der Waals surface area contributed by atoms with Crippen LogP contribution >= 0.6 is 0 Å². The van der Waals surface area contributed by atoms with Crippen LogP contribution in [0.3, 0.4) is 0 Å². The summed E-state index contributed by atoms with van der Waals surface area (Å²) in [5, 5.41) is -0.953. The standard InChI is InChI=1S/C24H29NO5S/c26-22-17-23(31(28,29)19-21-14-8-4-9-15-21)25(22)18-24(27)30-16-10-2-1-5-11-20-12-6-3-7-13-20/h3-4,6-9,12-15,23H,1-2,5,10-11,16-19H2. The largest absolute Gasteiger partial charge is 0.464 e. The average molecular weight is 444 g/mol. The summed E-state index contributed by atoms with van der Waals surface area (Å²) in [6, 6.07) is 19.1. The highest BCUT2D eigenvalue weighted by molar-refractivity contribution is 7.91. The molecular formula is C24H29NO5S. The SMILES string of the molecule is O=C(CN1C(=O)CC1S(=O)(=O)Cc1ccccc1)OCCCCCCc1ccccc1. The molecule has 1 aliphatic heterocycles. The summed E-state index contributed by atoms with van der Waals surface area (Å²) in [7, 11) is -3.57. The van der Waals surface area contributed by atoms with Gasteiger partial charge in [-0.05, 0) is 30.4 Å². The Morgan fingerprint density at radius 3 is 2.16 bits per heavy atom. The number of hydrogen-bond donors (Lipinski definition) is 0. The molecule has 0 aromatic heterocycles. The molecule has 31 heavy (non-hydrogen) atoms. The molecule has 0 radical (unpaired) electrons. The lowest BCUT2D eigenvalue weighted by Gasteiger charge is -2.38. The predicted molar refractivity (Wildman–Crippen MR) is 119 cm³/mol. The zero-order chi connectivity index (χ0) is 22.1. The first kappa shape index (κ1) is 23.0. The zero-order valence-corrected chi connectivity index (χ0v) is 18.4. The van der Waals surface area contributed by atoms with Crippen molar-refractivity contribution < 1.29 is 22.7 Å². The van der Waals surface area contributed by atoms with Crippen LogP contribution in [-0.2, 0) is 36.3 Å². The minimum absolute atomic E-state index is 0.0795. The van der Waals surface area contributed by atoms with E-state index in [1.807, 2.05) is 24.3 Å². The molecule has 2 aromatic rings. The van der Waals surface area contributed by atoms with Gasteiger partial charge in [0.2, 0.25) is 5.91 Å². The van der Waals surface area contributed by atoms with E-state index in [0.29, 0.717) is 5.56 Å². The van der Waals surface area contributed by atoms with Gasteiger partial charge in [-0.15, -0.1) is 0 Å². The summed E-state index contributed by atoms with van der Waals surface area (Å²) in [5.74, 6) is -1.04. The number of benzene rings is 2. The maximum Gasteiger partial charge on any atom is 0.325 e. The smallest absolute Gasteiger partial charge is 0.325 e. The van der Waals surface area contributed by atoms with Crippen LogP contribution in [0.4, 0.5) is 0 Å². The predicted octanol–water partition coefficient (Wildman–Crippen LogP) is 3.51. The number of ether oxygens (including phenoxy) is 1. The van der Waals surface area contributed by atoms with Crippen molar-refractivity contribution in [2.45, 2.75) is 49.7 Å². The van der Waals surface area contributed by atoms with Crippen molar-refractivity contribution in [2.24, 2.45) is 0 Å². The highest BCUT2D eigenvalue weighted by Gasteiger charge is 2.45. The maximum atomic E-state index is 12.6. The van der Waals surface area contributed by atoms with E-state index < -0.39 is 21.2 Å². The van der Waals surface area contributed by atoms with E-state index in [2.05, 4.69) is 12.1 Å². The van der Waals surface area contributed by atoms with E-state index in [9.17, 15) is 18.0 Å². The van der Waals surface area contributed by atoms with Gasteiger partial charge in [-0.25, -0.2) is 8.42 Å². The molecule has 2 aromatic carbocycles. The van der Waals surface area contributed by atoms with E-state index in [1.54, 1.807) is 24.3 Å². The Kier molecular flexibility index (Phi) is 8.23. The number of hydrogen-bond acceptors (Lipinski definition) is 5. The summed E-state index contributed by atoms with van der Waals surface area (Å²) < 4.78 is 30.5. The first-order chi connectivity index (χ1) is 15.0. The average Bonchev–Trinajstić information content (AvgIpc) is 2.76. The molecule has 0 spiro atoms. The van der Waals surface area contributed by atoms with E-state index in [1.165, 1.54) is 5.56 Å². The number of amides is 1. The number of likely N-dealkylation sites (tertiary alicyclic amines) is 1. The van der Waals surface area contributed by atoms with Gasteiger partial charge in [0.15, 0.2) is 9.84 Å². The van der Waals surface area contributed by atoms with Gasteiger partial charge in [-0.2, -0.15) is 0 Å². The Hall–Kier alpha value is -2.67. The highest BCUT2D eigenvalue weighted by Crippen LogP contribution is 2.27. The molecule has 0 saturated carbocycles. The normalized spacial score (nSPS) is 16.1. The molecule has 3 rings (SSSR count). The third kappa shape index (κ3) is 6.92. The van der Waals surface area contributed by atoms with Crippen LogP contribution < -0.4 is 0 Å². The fourth-order valence-electron chi connectivity index (χ4n) is 3.64. The van der Waals surface area contributed by atoms with Crippen LogP contribution in [0.5, 0.6) is 0 Å². The van der Waals surface area contributed by atoms with Crippen LogP contribution in [0, 0.1) is 0 Å². The Balaban J connectivity index is 1.34. The third-order valence-corrected chi connectivity index (χ3v) is 7.39. The van der Waals surface area contributed by atoms with Crippen molar-refractivity contribution in [1.29, 1.82) is 0 Å². The van der Waals surface area contributed by atoms with Gasteiger partial charge < -0.3 is 9.64 Å². The molecule has 1 heterocycles. The number of aryl methyl sites for hydroxylation is 1. The number of sulfone groups is 1. The topological polar surface area (TPSA) is 80.8 Å². The van der Waals surface area contributed by atoms with Crippen molar-refractivity contribution in [3.63, 3.8) is 0 Å². The molecule has 1 aliphatic rings. The minimum atomic E-state index is -3.57. The Bertz CT molecular complexity index is 960. The number of esters is 1. The lowest BCUT2D eigenvalue weighted by Crippen LogP contribution is -2.58. The second-order valence-corrected chi connectivity index (χ2v) is 10.0. The van der Waals surface area contributed by atoms with Crippen molar-refractivity contribution in [2.75, 3.05) is 13.2 Å². The van der Waals surface area contributed by atoms with Gasteiger partial charge in [0, 0.05) is 0 Å². The molecule has 1 fully saturated rings. The summed E-state index contributed by atoms with van der Waals surface area (Å²) in [6.07, 6.45) is 4.81. The van der Waals surface area contributed by atoms with Gasteiger partial charge in [0.05, 0.1) is 18.8 Å². The van der Waals surface area contributed by atoms with Gasteiger partial charge in [-0.1, -0.05) is 73.5 Å². The Morgan fingerprint density at radius 1 is 0.903 bits per heavy atom. The van der Waals surface area contributed by atoms with Gasteiger partial charge in [-0.3, -0.25) is 9.59 Å². The number of β-lactam (4-membered cyclic amide) rings is 1. The molecule has 1 saturated heterocycles. The fraction of sp³-hybridized carbons (Fsp3) is 0.417. The van der Waals surface area contributed by atoms with E-state index in [0.717, 1.165) is 37.0 Å². The van der Waals surface area contributed by atoms with Crippen LogP contribution in [0.1, 0.15) is 43.2 Å². The summed E-state index contributed by atoms with van der Waals surface area (Å²) in [6.45, 7) is -0.0286. The maximum absolute atomic E-state index is 12.6. The monoisotopic (exact) mass is 443 g/mol. The van der Waals surface area contributed by atoms with Crippen LogP contribution in [0.15, 0.2) is 60.7 Å². The molecule has 6 nitrogen and oxygen atoms in total. The molecule has 1 atom stereocenters. The van der Waals surface area contributed by atoms with E-state index in [-0.39, 0.29) is 31.2 Å². The number of nitrogens with zero attached hydrogens (tertiary/aromatic N) is 1. The van der Waals surface area contributed by atoms with Crippen LogP contribution in [-0.4, -0.2) is 43.7 Å². The number of carbonyl (C=O) groups excluding carboxylic acids is 2. The summed E-state index contributed by atoms with van der Waals surface area (Å²) in [4.78, 5) is 25.1. The van der Waals surface area contributed by atoms with E-state index >= 15 is 0 Å². The number of rotatable bonds is 12. The van der Waals surface area contributed by atoms with Gasteiger partial charge in [0.25, 0.3) is 0 Å². The molecule has 0 bridgehead atoms. The molecule has 1 unspecified atom stereocenters. The third-order valence-electron chi connectivity index (χ3n) is 5.41. The Morgan fingerprint density at radius 2 is 1.52 bits per heavy atom. The number of unbranched alkanes of at least 4 members (excludes halogenated alkanes) is 3. The first-order valence-electron chi connectivity index (χ1n) is 10.7. The number of carbonyl (C=O) groups is 2. The molecule has 0 N–H and O–H groups in total. The minimum Gasteiger partial charge on any atom is -0.464 e. The molecule has 7 heteroatoms. The second kappa shape index (κ2) is 11.1. The molecule has 0 aliphatic carbocycles. The van der Waals surface area contributed by atoms with Gasteiger partial charge in [0.1, 0.15) is 11.9 Å². The highest BCUT2D eigenvalue weighted by atomic mass is 32.2. The zero-order valence-electron chi connectivity index (χ0n) is 17.6. The molecule has 166 valence electrons. The quantitative estimate of drug-likeness (QED) is 0.285. The molecule has 1 amide bonds. The van der Waals surface area contributed by atoms with Crippen LogP contribution in [0.2, 0.25) is 0 Å². The summed E-state index contributed by atoms with van der Waals surface area (Å²) in [5.41, 5.74) is 1.99. The van der Waals surface area contributed by atoms with Crippen molar-refractivity contribution >= 4 is 21.7 Å². The van der Waals surface area contributed by atoms with Gasteiger partial charge >= 0.3 is 5.97 Å². The Labute approximate surface area is 184 Å². The molecular weight excluding hydrogens is 414 g/mol. The van der Waals surface area contributed by atoms with Crippen LogP contribution in [0.25, 0.3) is 0 Å². The first-order valence-corrected chi connectivity index (χ1v) is 12.4. The van der Waals surface area contributed by atoms with E-state index in [4.69, 9.17) is 4.74 Å². The lowest BCUT2D eigenvalue weighted by molar-refractivity contribution is -0.155. The second-order valence-electron chi connectivity index (χ2n) is 7.84. The fourth-order valence-corrected chi connectivity index (χ4v) is 5.46. The lowest BCUT2D eigenvalue weighted by atomic mass is 10.1. The van der Waals surface area contributed by atoms with Crippen molar-refractivity contribution in [1.82, 2.24) is 4.90 Å². The van der Waals surface area contributed by atoms with Crippen molar-refractivity contribution in [3.05, 3.63) is 71.8 Å². The van der Waals surface area contributed by atoms with Crippen molar-refractivity contribution in [3.8, 4) is 0 Å². The summed E-state index contributed by atoms with van der Waals surface area (Å²) >= 11 is 0.